The van der Waals surface area contributed by atoms with E-state index in [4.69, 9.17) is 4.74 Å². The summed E-state index contributed by atoms with van der Waals surface area (Å²) in [7, 11) is 0. The fourth-order valence-corrected chi connectivity index (χ4v) is 5.51. The fraction of sp³-hybridized carbons (Fsp3) is 0.407. The predicted octanol–water partition coefficient (Wildman–Crippen LogP) is 4.90. The number of pyridine rings is 1. The zero-order valence-electron chi connectivity index (χ0n) is 18.3. The van der Waals surface area contributed by atoms with Gasteiger partial charge in [0.1, 0.15) is 5.82 Å². The van der Waals surface area contributed by atoms with Gasteiger partial charge >= 0.3 is 0 Å². The van der Waals surface area contributed by atoms with Crippen LogP contribution in [0.4, 0.5) is 4.39 Å². The van der Waals surface area contributed by atoms with Crippen LogP contribution in [-0.2, 0) is 21.4 Å². The number of carbonyl (C=O) groups excluding carboxylic acids is 1. The van der Waals surface area contributed by atoms with E-state index in [1.807, 2.05) is 29.3 Å². The summed E-state index contributed by atoms with van der Waals surface area (Å²) in [6, 6.07) is 17.0. The Hall–Kier alpha value is -2.79. The van der Waals surface area contributed by atoms with Gasteiger partial charge in [0.05, 0.1) is 10.9 Å². The molecule has 4 nitrogen and oxygen atoms in total. The Morgan fingerprint density at radius 1 is 1.12 bits per heavy atom. The summed E-state index contributed by atoms with van der Waals surface area (Å²) < 4.78 is 19.7. The van der Waals surface area contributed by atoms with E-state index >= 15 is 0 Å². The molecule has 1 unspecified atom stereocenters. The molecule has 166 valence electrons. The van der Waals surface area contributed by atoms with Crippen molar-refractivity contribution < 1.29 is 13.9 Å². The number of fused-ring (bicyclic) bond motifs is 1. The van der Waals surface area contributed by atoms with Crippen LogP contribution in [0, 0.1) is 11.7 Å². The molecule has 5 rings (SSSR count). The van der Waals surface area contributed by atoms with E-state index in [2.05, 4.69) is 23.2 Å². The maximum absolute atomic E-state index is 14.1. The maximum Gasteiger partial charge on any atom is 0.233 e. The lowest BCUT2D eigenvalue weighted by molar-refractivity contribution is -0.143. The molecular formula is C27H29FN2O2. The number of carbonyl (C=O) groups is 1. The van der Waals surface area contributed by atoms with Gasteiger partial charge in [0.2, 0.25) is 5.91 Å². The zero-order chi connectivity index (χ0) is 22.0. The second-order valence-corrected chi connectivity index (χ2v) is 9.16. The molecule has 2 aromatic carbocycles. The lowest BCUT2D eigenvalue weighted by Crippen LogP contribution is -2.52. The highest BCUT2D eigenvalue weighted by molar-refractivity contribution is 5.88. The predicted molar refractivity (Wildman–Crippen MR) is 123 cm³/mol. The Bertz CT molecular complexity index is 1100. The van der Waals surface area contributed by atoms with Gasteiger partial charge in [0, 0.05) is 37.9 Å². The van der Waals surface area contributed by atoms with Crippen molar-refractivity contribution in [3.8, 4) is 0 Å². The van der Waals surface area contributed by atoms with Crippen molar-refractivity contribution in [2.24, 2.45) is 5.92 Å². The minimum atomic E-state index is -0.689. The molecule has 3 aromatic rings. The molecule has 0 bridgehead atoms. The highest BCUT2D eigenvalue weighted by Gasteiger charge is 2.45. The molecule has 2 aliphatic rings. The molecule has 0 N–H and O–H groups in total. The van der Waals surface area contributed by atoms with Crippen molar-refractivity contribution in [1.82, 2.24) is 9.88 Å². The van der Waals surface area contributed by atoms with E-state index in [0.717, 1.165) is 43.4 Å². The summed E-state index contributed by atoms with van der Waals surface area (Å²) in [4.78, 5) is 20.5. The first-order chi connectivity index (χ1) is 15.7. The Balaban J connectivity index is 1.38. The van der Waals surface area contributed by atoms with Crippen LogP contribution >= 0.6 is 0 Å². The van der Waals surface area contributed by atoms with Gasteiger partial charge in [-0.3, -0.25) is 9.78 Å². The molecule has 2 fully saturated rings. The maximum atomic E-state index is 14.1. The van der Waals surface area contributed by atoms with Gasteiger partial charge in [-0.25, -0.2) is 4.39 Å². The van der Waals surface area contributed by atoms with Crippen molar-refractivity contribution in [1.29, 1.82) is 0 Å². The quantitative estimate of drug-likeness (QED) is 0.589. The van der Waals surface area contributed by atoms with Gasteiger partial charge in [-0.1, -0.05) is 30.3 Å². The summed E-state index contributed by atoms with van der Waals surface area (Å²) in [5, 5.41) is 1.19. The van der Waals surface area contributed by atoms with Crippen LogP contribution in [0.2, 0.25) is 0 Å². The third-order valence-electron chi connectivity index (χ3n) is 7.18. The standard InChI is InChI=1S/C27H29FN2O2/c28-23-8-2-7-22(18-23)27(11-15-32-16-12-27)26(31)30-14-4-5-20(19-30)17-21-6-1-10-25-24(21)9-3-13-29-25/h1-3,6-10,13,18,20H,4-5,11-12,14-17,19H2. The third-order valence-corrected chi connectivity index (χ3v) is 7.18. The molecule has 0 aliphatic carbocycles. The lowest BCUT2D eigenvalue weighted by Gasteiger charge is -2.43. The molecule has 1 atom stereocenters. The summed E-state index contributed by atoms with van der Waals surface area (Å²) in [5.74, 6) is 0.251. The SMILES string of the molecule is O=C(N1CCCC(Cc2cccc3ncccc23)C1)C1(c2cccc(F)c2)CCOCC1. The first-order valence-corrected chi connectivity index (χ1v) is 11.6. The topological polar surface area (TPSA) is 42.4 Å². The number of hydrogen-bond acceptors (Lipinski definition) is 3. The normalized spacial score (nSPS) is 20.9. The number of likely N-dealkylation sites (tertiary alicyclic amines) is 1. The third kappa shape index (κ3) is 4.02. The van der Waals surface area contributed by atoms with Gasteiger partial charge in [-0.05, 0) is 73.4 Å². The second-order valence-electron chi connectivity index (χ2n) is 9.16. The van der Waals surface area contributed by atoms with E-state index in [9.17, 15) is 9.18 Å². The fourth-order valence-electron chi connectivity index (χ4n) is 5.51. The number of piperidine rings is 1. The van der Waals surface area contributed by atoms with Gasteiger partial charge in [0.25, 0.3) is 0 Å². The van der Waals surface area contributed by atoms with Crippen molar-refractivity contribution >= 4 is 16.8 Å². The minimum absolute atomic E-state index is 0.135. The molecule has 0 saturated carbocycles. The Morgan fingerprint density at radius 3 is 2.81 bits per heavy atom. The van der Waals surface area contributed by atoms with Crippen molar-refractivity contribution in [2.75, 3.05) is 26.3 Å². The van der Waals surface area contributed by atoms with Gasteiger partial charge < -0.3 is 9.64 Å². The molecule has 32 heavy (non-hydrogen) atoms. The summed E-state index contributed by atoms with van der Waals surface area (Å²) in [6.07, 6.45) is 6.07. The summed E-state index contributed by atoms with van der Waals surface area (Å²) in [6.45, 7) is 2.57. The number of rotatable bonds is 4. The molecule has 5 heteroatoms. The van der Waals surface area contributed by atoms with Crippen molar-refractivity contribution in [3.63, 3.8) is 0 Å². The van der Waals surface area contributed by atoms with Gasteiger partial charge in [0.15, 0.2) is 0 Å². The van der Waals surface area contributed by atoms with Crippen LogP contribution < -0.4 is 0 Å². The Morgan fingerprint density at radius 2 is 1.97 bits per heavy atom. The summed E-state index contributed by atoms with van der Waals surface area (Å²) >= 11 is 0. The molecule has 0 radical (unpaired) electrons. The number of halogens is 1. The molecule has 1 amide bonds. The second kappa shape index (κ2) is 8.99. The molecule has 2 saturated heterocycles. The van der Waals surface area contributed by atoms with Crippen LogP contribution in [0.3, 0.4) is 0 Å². The highest BCUT2D eigenvalue weighted by Crippen LogP contribution is 2.38. The van der Waals surface area contributed by atoms with Crippen LogP contribution in [-0.4, -0.2) is 42.1 Å². The number of hydrogen-bond donors (Lipinski definition) is 0. The van der Waals surface area contributed by atoms with Crippen LogP contribution in [0.25, 0.3) is 10.9 Å². The van der Waals surface area contributed by atoms with Crippen LogP contribution in [0.1, 0.15) is 36.8 Å². The minimum Gasteiger partial charge on any atom is -0.381 e. The molecule has 1 aromatic heterocycles. The first kappa shape index (κ1) is 21.1. The van der Waals surface area contributed by atoms with E-state index < -0.39 is 5.41 Å². The van der Waals surface area contributed by atoms with E-state index in [1.165, 1.54) is 23.1 Å². The van der Waals surface area contributed by atoms with Crippen LogP contribution in [0.15, 0.2) is 60.8 Å². The largest absolute Gasteiger partial charge is 0.381 e. The van der Waals surface area contributed by atoms with Gasteiger partial charge in [-0.15, -0.1) is 0 Å². The number of ether oxygens (including phenoxy) is 1. The van der Waals surface area contributed by atoms with E-state index in [-0.39, 0.29) is 11.7 Å². The number of nitrogens with zero attached hydrogens (tertiary/aromatic N) is 2. The lowest BCUT2D eigenvalue weighted by atomic mass is 9.72. The van der Waals surface area contributed by atoms with E-state index in [0.29, 0.717) is 32.0 Å². The van der Waals surface area contributed by atoms with Crippen molar-refractivity contribution in [2.45, 2.75) is 37.5 Å². The smallest absolute Gasteiger partial charge is 0.233 e. The number of aromatic nitrogens is 1. The average molecular weight is 433 g/mol. The Labute approximate surface area is 188 Å². The van der Waals surface area contributed by atoms with Gasteiger partial charge in [-0.2, -0.15) is 0 Å². The molecule has 0 spiro atoms. The number of benzene rings is 2. The average Bonchev–Trinajstić information content (AvgIpc) is 2.84. The first-order valence-electron chi connectivity index (χ1n) is 11.6. The zero-order valence-corrected chi connectivity index (χ0v) is 18.3. The van der Waals surface area contributed by atoms with E-state index in [1.54, 1.807) is 6.07 Å². The number of amides is 1. The summed E-state index contributed by atoms with van der Waals surface area (Å²) in [5.41, 5.74) is 2.40. The molecule has 2 aliphatic heterocycles. The monoisotopic (exact) mass is 432 g/mol. The van der Waals surface area contributed by atoms with Crippen LogP contribution in [0.5, 0.6) is 0 Å². The Kier molecular flexibility index (Phi) is 5.92. The molecule has 3 heterocycles. The molecular weight excluding hydrogens is 403 g/mol. The highest BCUT2D eigenvalue weighted by atomic mass is 19.1. The van der Waals surface area contributed by atoms with Crippen molar-refractivity contribution in [3.05, 3.63) is 77.7 Å².